The van der Waals surface area contributed by atoms with Crippen LogP contribution in [0, 0.1) is 0 Å². The molecule has 1 heterocycles. The third-order valence-electron chi connectivity index (χ3n) is 5.23. The van der Waals surface area contributed by atoms with Crippen molar-refractivity contribution >= 4 is 38.9 Å². The van der Waals surface area contributed by atoms with Gasteiger partial charge in [0.2, 0.25) is 0 Å². The summed E-state index contributed by atoms with van der Waals surface area (Å²) in [5.74, 6) is 0.0803. The zero-order valence-corrected chi connectivity index (χ0v) is 19.4. The Hall–Kier alpha value is -1.76. The van der Waals surface area contributed by atoms with Gasteiger partial charge in [0, 0.05) is 18.2 Å². The van der Waals surface area contributed by atoms with E-state index >= 15 is 0 Å². The first-order valence-electron chi connectivity index (χ1n) is 9.95. The minimum absolute atomic E-state index is 0.0374. The molecule has 2 aromatic rings. The van der Waals surface area contributed by atoms with Crippen LogP contribution in [0.15, 0.2) is 36.4 Å². The Bertz CT molecular complexity index is 999. The average Bonchev–Trinajstić information content (AvgIpc) is 3.08. The lowest BCUT2D eigenvalue weighted by Gasteiger charge is -2.29. The molecule has 3 rings (SSSR count). The van der Waals surface area contributed by atoms with Gasteiger partial charge in [-0.15, -0.1) is 0 Å². The van der Waals surface area contributed by atoms with Gasteiger partial charge in [-0.2, -0.15) is 0 Å². The zero-order valence-electron chi connectivity index (χ0n) is 17.0. The molecular formula is C22H25Cl2NO4S. The molecule has 1 amide bonds. The highest BCUT2D eigenvalue weighted by atomic mass is 35.5. The van der Waals surface area contributed by atoms with Crippen LogP contribution in [-0.4, -0.2) is 43.4 Å². The van der Waals surface area contributed by atoms with E-state index < -0.39 is 15.9 Å². The summed E-state index contributed by atoms with van der Waals surface area (Å²) < 4.78 is 29.6. The van der Waals surface area contributed by atoms with E-state index in [2.05, 4.69) is 6.92 Å². The fraction of sp³-hybridized carbons (Fsp3) is 0.409. The third kappa shape index (κ3) is 5.29. The number of carbonyl (C=O) groups excluding carboxylic acids is 1. The van der Waals surface area contributed by atoms with Crippen molar-refractivity contribution in [3.8, 4) is 5.75 Å². The lowest BCUT2D eigenvalue weighted by Crippen LogP contribution is -2.40. The molecule has 0 aromatic heterocycles. The molecule has 1 atom stereocenters. The van der Waals surface area contributed by atoms with Gasteiger partial charge < -0.3 is 9.64 Å². The first kappa shape index (κ1) is 22.9. The molecule has 1 aliphatic rings. The van der Waals surface area contributed by atoms with Crippen molar-refractivity contribution in [2.75, 3.05) is 18.1 Å². The van der Waals surface area contributed by atoms with Crippen LogP contribution < -0.4 is 4.74 Å². The Morgan fingerprint density at radius 2 is 1.70 bits per heavy atom. The number of nitrogens with zero attached hydrogens (tertiary/aromatic N) is 1. The number of hydrogen-bond acceptors (Lipinski definition) is 4. The Balaban J connectivity index is 1.93. The number of aryl methyl sites for hydroxylation is 1. The number of ether oxygens (including phenoxy) is 1. The van der Waals surface area contributed by atoms with Gasteiger partial charge in [-0.3, -0.25) is 4.79 Å². The van der Waals surface area contributed by atoms with Crippen molar-refractivity contribution in [1.82, 2.24) is 4.90 Å². The molecule has 0 bridgehead atoms. The predicted octanol–water partition coefficient (Wildman–Crippen LogP) is 4.78. The van der Waals surface area contributed by atoms with Crippen LogP contribution in [0.4, 0.5) is 0 Å². The molecule has 1 aliphatic heterocycles. The van der Waals surface area contributed by atoms with Crippen molar-refractivity contribution in [1.29, 1.82) is 0 Å². The van der Waals surface area contributed by atoms with Gasteiger partial charge in [-0.25, -0.2) is 8.42 Å². The molecule has 0 spiro atoms. The second kappa shape index (κ2) is 9.58. The summed E-state index contributed by atoms with van der Waals surface area (Å²) in [6, 6.07) is 10.6. The topological polar surface area (TPSA) is 63.7 Å². The predicted molar refractivity (Wildman–Crippen MR) is 120 cm³/mol. The normalized spacial score (nSPS) is 17.7. The molecule has 30 heavy (non-hydrogen) atoms. The first-order valence-corrected chi connectivity index (χ1v) is 12.5. The van der Waals surface area contributed by atoms with Crippen LogP contribution in [0.25, 0.3) is 0 Å². The highest BCUT2D eigenvalue weighted by molar-refractivity contribution is 7.91. The van der Waals surface area contributed by atoms with E-state index in [0.29, 0.717) is 30.9 Å². The van der Waals surface area contributed by atoms with E-state index in [9.17, 15) is 13.2 Å². The van der Waals surface area contributed by atoms with Crippen LogP contribution >= 0.6 is 23.2 Å². The first-order chi connectivity index (χ1) is 14.2. The standard InChI is InChI=1S/C22H25Cl2NO4S/c1-3-15-5-7-16(8-6-15)13-25(18-9-10-30(27,28)14-18)22(26)17-11-19(23)21(29-4-2)20(24)12-17/h5-8,11-12,18H,3-4,9-10,13-14H2,1-2H3/t18-/m1/s1. The van der Waals surface area contributed by atoms with Crippen molar-refractivity contribution in [3.05, 3.63) is 63.1 Å². The molecule has 2 aromatic carbocycles. The summed E-state index contributed by atoms with van der Waals surface area (Å²) in [6.07, 6.45) is 1.34. The second-order valence-corrected chi connectivity index (χ2v) is 10.4. The van der Waals surface area contributed by atoms with E-state index in [4.69, 9.17) is 27.9 Å². The molecule has 5 nitrogen and oxygen atoms in total. The number of amides is 1. The molecule has 0 N–H and O–H groups in total. The van der Waals surface area contributed by atoms with Crippen molar-refractivity contribution in [2.45, 2.75) is 39.3 Å². The van der Waals surface area contributed by atoms with E-state index in [0.717, 1.165) is 12.0 Å². The molecule has 0 unspecified atom stereocenters. The molecule has 0 aliphatic carbocycles. The average molecular weight is 470 g/mol. The Labute approximate surface area is 187 Å². The van der Waals surface area contributed by atoms with Crippen LogP contribution in [0.3, 0.4) is 0 Å². The largest absolute Gasteiger partial charge is 0.491 e. The summed E-state index contributed by atoms with van der Waals surface area (Å²) in [6.45, 7) is 4.60. The van der Waals surface area contributed by atoms with Gasteiger partial charge in [0.25, 0.3) is 5.91 Å². The van der Waals surface area contributed by atoms with Gasteiger partial charge in [0.05, 0.1) is 28.2 Å². The van der Waals surface area contributed by atoms with Crippen LogP contribution in [0.1, 0.15) is 41.8 Å². The molecule has 0 saturated carbocycles. The maximum atomic E-state index is 13.4. The fourth-order valence-corrected chi connectivity index (χ4v) is 5.92. The van der Waals surface area contributed by atoms with E-state index in [1.165, 1.54) is 17.7 Å². The fourth-order valence-electron chi connectivity index (χ4n) is 3.60. The van der Waals surface area contributed by atoms with Crippen molar-refractivity contribution in [2.24, 2.45) is 0 Å². The lowest BCUT2D eigenvalue weighted by atomic mass is 10.1. The second-order valence-electron chi connectivity index (χ2n) is 7.36. The van der Waals surface area contributed by atoms with Gasteiger partial charge in [-0.05, 0) is 43.0 Å². The number of rotatable bonds is 7. The van der Waals surface area contributed by atoms with Crippen molar-refractivity contribution < 1.29 is 17.9 Å². The summed E-state index contributed by atoms with van der Waals surface area (Å²) in [4.78, 5) is 15.0. The highest BCUT2D eigenvalue weighted by Crippen LogP contribution is 2.35. The number of benzene rings is 2. The van der Waals surface area contributed by atoms with E-state index in [1.54, 1.807) is 4.90 Å². The summed E-state index contributed by atoms with van der Waals surface area (Å²) in [5.41, 5.74) is 2.45. The molecule has 8 heteroatoms. The van der Waals surface area contributed by atoms with Crippen LogP contribution in [0.2, 0.25) is 10.0 Å². The molecule has 1 fully saturated rings. The smallest absolute Gasteiger partial charge is 0.254 e. The maximum absolute atomic E-state index is 13.4. The van der Waals surface area contributed by atoms with Crippen molar-refractivity contribution in [3.63, 3.8) is 0 Å². The van der Waals surface area contributed by atoms with Crippen LogP contribution in [-0.2, 0) is 22.8 Å². The zero-order chi connectivity index (χ0) is 21.9. The maximum Gasteiger partial charge on any atom is 0.254 e. The highest BCUT2D eigenvalue weighted by Gasteiger charge is 2.35. The summed E-state index contributed by atoms with van der Waals surface area (Å²) >= 11 is 12.6. The SMILES string of the molecule is CCOc1c(Cl)cc(C(=O)N(Cc2ccc(CC)cc2)[C@@H]2CCS(=O)(=O)C2)cc1Cl. The summed E-state index contributed by atoms with van der Waals surface area (Å²) in [5, 5.41) is 0.498. The van der Waals surface area contributed by atoms with E-state index in [-0.39, 0.29) is 27.5 Å². The molecule has 0 radical (unpaired) electrons. The molecular weight excluding hydrogens is 445 g/mol. The van der Waals surface area contributed by atoms with Gasteiger partial charge in [0.15, 0.2) is 15.6 Å². The van der Waals surface area contributed by atoms with Gasteiger partial charge >= 0.3 is 0 Å². The Morgan fingerprint density at radius 3 is 2.20 bits per heavy atom. The van der Waals surface area contributed by atoms with Gasteiger partial charge in [-0.1, -0.05) is 54.4 Å². The summed E-state index contributed by atoms with van der Waals surface area (Å²) in [7, 11) is -3.16. The number of hydrogen-bond donors (Lipinski definition) is 0. The lowest BCUT2D eigenvalue weighted by molar-refractivity contribution is 0.0681. The molecule has 162 valence electrons. The number of halogens is 2. The Kier molecular flexibility index (Phi) is 7.32. The minimum Gasteiger partial charge on any atom is -0.491 e. The Morgan fingerprint density at radius 1 is 1.10 bits per heavy atom. The van der Waals surface area contributed by atoms with Gasteiger partial charge in [0.1, 0.15) is 0 Å². The van der Waals surface area contributed by atoms with Crippen LogP contribution in [0.5, 0.6) is 5.75 Å². The number of sulfone groups is 1. The van der Waals surface area contributed by atoms with E-state index in [1.807, 2.05) is 31.2 Å². The number of carbonyl (C=O) groups is 1. The molecule has 1 saturated heterocycles. The monoisotopic (exact) mass is 469 g/mol. The quantitative estimate of drug-likeness (QED) is 0.584. The third-order valence-corrected chi connectivity index (χ3v) is 7.54. The minimum atomic E-state index is -3.16.